The number of aryl methyl sites for hydroxylation is 1. The molecule has 14 heavy (non-hydrogen) atoms. The normalized spacial score (nSPS) is 16.4. The minimum atomic E-state index is -0.840. The highest BCUT2D eigenvalue weighted by atomic mass is 16.4. The molecule has 74 valence electrons. The average Bonchev–Trinajstić information content (AvgIpc) is 2.04. The van der Waals surface area contributed by atoms with E-state index in [2.05, 4.69) is 0 Å². The molecule has 2 heteroatoms. The van der Waals surface area contributed by atoms with Crippen LogP contribution >= 0.6 is 0 Å². The monoisotopic (exact) mass is 190 g/mol. The first-order valence-electron chi connectivity index (χ1n) is 5.02. The van der Waals surface area contributed by atoms with Crippen molar-refractivity contribution in [2.75, 3.05) is 0 Å². The van der Waals surface area contributed by atoms with Gasteiger partial charge >= 0.3 is 5.97 Å². The van der Waals surface area contributed by atoms with Crippen LogP contribution in [0, 0.1) is 6.92 Å². The Morgan fingerprint density at radius 3 is 2.57 bits per heavy atom. The predicted molar refractivity (Wildman–Crippen MR) is 54.7 cm³/mol. The molecule has 1 aromatic carbocycles. The Bertz CT molecular complexity index is 365. The Balaban J connectivity index is 2.30. The third kappa shape index (κ3) is 1.52. The molecule has 0 bridgehead atoms. The van der Waals surface area contributed by atoms with E-state index in [9.17, 15) is 4.79 Å². The van der Waals surface area contributed by atoms with E-state index in [1.165, 1.54) is 24.8 Å². The summed E-state index contributed by atoms with van der Waals surface area (Å²) in [6.45, 7) is 2.00. The van der Waals surface area contributed by atoms with Crippen LogP contribution in [0.25, 0.3) is 0 Å². The van der Waals surface area contributed by atoms with E-state index in [1.54, 1.807) is 12.1 Å². The number of benzene rings is 1. The molecule has 1 fully saturated rings. The Morgan fingerprint density at radius 1 is 1.43 bits per heavy atom. The van der Waals surface area contributed by atoms with Gasteiger partial charge in [0.25, 0.3) is 0 Å². The van der Waals surface area contributed by atoms with Crippen LogP contribution in [0.1, 0.15) is 46.7 Å². The van der Waals surface area contributed by atoms with Gasteiger partial charge in [0.1, 0.15) is 0 Å². The van der Waals surface area contributed by atoms with Crippen molar-refractivity contribution in [2.45, 2.75) is 32.1 Å². The van der Waals surface area contributed by atoms with Crippen molar-refractivity contribution in [3.63, 3.8) is 0 Å². The highest BCUT2D eigenvalue weighted by molar-refractivity contribution is 5.87. The molecule has 0 unspecified atom stereocenters. The molecular weight excluding hydrogens is 176 g/mol. The van der Waals surface area contributed by atoms with Crippen LogP contribution in [0.15, 0.2) is 18.2 Å². The van der Waals surface area contributed by atoms with Crippen molar-refractivity contribution >= 4 is 5.97 Å². The summed E-state index contributed by atoms with van der Waals surface area (Å²) in [5.74, 6) is -0.161. The Hall–Kier alpha value is -1.31. The molecule has 0 saturated heterocycles. The van der Waals surface area contributed by atoms with Gasteiger partial charge in [-0.2, -0.15) is 0 Å². The SMILES string of the molecule is Cc1cc(C(=O)O)ccc1C1CCC1. The number of rotatable bonds is 2. The second kappa shape index (κ2) is 3.45. The molecule has 0 atom stereocenters. The van der Waals surface area contributed by atoms with E-state index >= 15 is 0 Å². The largest absolute Gasteiger partial charge is 0.478 e. The fraction of sp³-hybridized carbons (Fsp3) is 0.417. The molecule has 0 aromatic heterocycles. The van der Waals surface area contributed by atoms with Crippen molar-refractivity contribution in [2.24, 2.45) is 0 Å². The maximum absolute atomic E-state index is 10.7. The van der Waals surface area contributed by atoms with Gasteiger partial charge in [0.15, 0.2) is 0 Å². The lowest BCUT2D eigenvalue weighted by Crippen LogP contribution is -2.10. The van der Waals surface area contributed by atoms with Gasteiger partial charge in [-0.3, -0.25) is 0 Å². The van der Waals surface area contributed by atoms with E-state index in [0.717, 1.165) is 5.56 Å². The predicted octanol–water partition coefficient (Wildman–Crippen LogP) is 2.96. The van der Waals surface area contributed by atoms with Crippen LogP contribution in [-0.2, 0) is 0 Å². The van der Waals surface area contributed by atoms with Crippen molar-refractivity contribution in [1.82, 2.24) is 0 Å². The van der Waals surface area contributed by atoms with Crippen LogP contribution in [0.5, 0.6) is 0 Å². The van der Waals surface area contributed by atoms with Crippen LogP contribution in [0.3, 0.4) is 0 Å². The molecule has 1 N–H and O–H groups in total. The molecule has 0 aliphatic heterocycles. The van der Waals surface area contributed by atoms with Gasteiger partial charge in [-0.1, -0.05) is 12.5 Å². The van der Waals surface area contributed by atoms with Gasteiger partial charge in [-0.05, 0) is 48.9 Å². The number of carbonyl (C=O) groups is 1. The fourth-order valence-corrected chi connectivity index (χ4v) is 1.99. The molecule has 0 radical (unpaired) electrons. The highest BCUT2D eigenvalue weighted by Crippen LogP contribution is 2.37. The molecule has 0 heterocycles. The third-order valence-corrected chi connectivity index (χ3v) is 3.06. The second-order valence-corrected chi connectivity index (χ2v) is 4.00. The summed E-state index contributed by atoms with van der Waals surface area (Å²) in [5.41, 5.74) is 2.85. The van der Waals surface area contributed by atoms with Gasteiger partial charge in [-0.15, -0.1) is 0 Å². The van der Waals surface area contributed by atoms with Gasteiger partial charge < -0.3 is 5.11 Å². The quantitative estimate of drug-likeness (QED) is 0.778. The first kappa shape index (κ1) is 9.25. The summed E-state index contributed by atoms with van der Waals surface area (Å²) in [4.78, 5) is 10.7. The van der Waals surface area contributed by atoms with Gasteiger partial charge in [-0.25, -0.2) is 4.79 Å². The van der Waals surface area contributed by atoms with Crippen LogP contribution in [0.4, 0.5) is 0 Å². The number of aromatic carboxylic acids is 1. The minimum Gasteiger partial charge on any atom is -0.478 e. The summed E-state index contributed by atoms with van der Waals surface area (Å²) in [6, 6.07) is 5.46. The lowest BCUT2D eigenvalue weighted by molar-refractivity contribution is 0.0696. The Labute approximate surface area is 83.6 Å². The summed E-state index contributed by atoms with van der Waals surface area (Å²) < 4.78 is 0. The summed E-state index contributed by atoms with van der Waals surface area (Å²) in [7, 11) is 0. The van der Waals surface area contributed by atoms with E-state index in [4.69, 9.17) is 5.11 Å². The molecular formula is C12H14O2. The van der Waals surface area contributed by atoms with Crippen molar-refractivity contribution in [3.8, 4) is 0 Å². The topological polar surface area (TPSA) is 37.3 Å². The highest BCUT2D eigenvalue weighted by Gasteiger charge is 2.21. The molecule has 2 rings (SSSR count). The van der Waals surface area contributed by atoms with Crippen molar-refractivity contribution < 1.29 is 9.90 Å². The number of carboxylic acids is 1. The lowest BCUT2D eigenvalue weighted by Gasteiger charge is -2.27. The lowest BCUT2D eigenvalue weighted by atomic mass is 9.78. The van der Waals surface area contributed by atoms with Crippen LogP contribution < -0.4 is 0 Å². The number of hydrogen-bond donors (Lipinski definition) is 1. The number of hydrogen-bond acceptors (Lipinski definition) is 1. The zero-order valence-electron chi connectivity index (χ0n) is 8.29. The van der Waals surface area contributed by atoms with Crippen LogP contribution in [-0.4, -0.2) is 11.1 Å². The maximum atomic E-state index is 10.7. The third-order valence-electron chi connectivity index (χ3n) is 3.06. The fourth-order valence-electron chi connectivity index (χ4n) is 1.99. The Morgan fingerprint density at radius 2 is 2.14 bits per heavy atom. The second-order valence-electron chi connectivity index (χ2n) is 4.00. The van der Waals surface area contributed by atoms with E-state index in [1.807, 2.05) is 13.0 Å². The average molecular weight is 190 g/mol. The van der Waals surface area contributed by atoms with Crippen LogP contribution in [0.2, 0.25) is 0 Å². The molecule has 1 aliphatic rings. The zero-order valence-corrected chi connectivity index (χ0v) is 8.29. The molecule has 0 spiro atoms. The molecule has 1 aromatic rings. The minimum absolute atomic E-state index is 0.394. The van der Waals surface area contributed by atoms with Crippen molar-refractivity contribution in [3.05, 3.63) is 34.9 Å². The van der Waals surface area contributed by atoms with E-state index in [0.29, 0.717) is 11.5 Å². The standard InChI is InChI=1S/C12H14O2/c1-8-7-10(12(13)14)5-6-11(8)9-3-2-4-9/h5-7,9H,2-4H2,1H3,(H,13,14). The molecule has 0 amide bonds. The molecule has 1 aliphatic carbocycles. The summed E-state index contributed by atoms with van der Waals surface area (Å²) in [6.07, 6.45) is 3.82. The molecule has 2 nitrogen and oxygen atoms in total. The summed E-state index contributed by atoms with van der Waals surface area (Å²) >= 11 is 0. The molecule has 1 saturated carbocycles. The number of carboxylic acid groups (broad SMARTS) is 1. The van der Waals surface area contributed by atoms with E-state index < -0.39 is 5.97 Å². The van der Waals surface area contributed by atoms with Gasteiger partial charge in [0, 0.05) is 0 Å². The first-order valence-corrected chi connectivity index (χ1v) is 5.02. The maximum Gasteiger partial charge on any atom is 0.335 e. The Kier molecular flexibility index (Phi) is 2.28. The first-order chi connectivity index (χ1) is 6.68. The van der Waals surface area contributed by atoms with E-state index in [-0.39, 0.29) is 0 Å². The van der Waals surface area contributed by atoms with Gasteiger partial charge in [0.05, 0.1) is 5.56 Å². The van der Waals surface area contributed by atoms with Crippen molar-refractivity contribution in [1.29, 1.82) is 0 Å². The zero-order chi connectivity index (χ0) is 10.1. The smallest absolute Gasteiger partial charge is 0.335 e. The summed E-state index contributed by atoms with van der Waals surface area (Å²) in [5, 5.41) is 8.81. The van der Waals surface area contributed by atoms with Gasteiger partial charge in [0.2, 0.25) is 0 Å².